The number of likely N-dealkylation sites (N-methyl/N-ethyl adjacent to an activating group) is 1. The van der Waals surface area contributed by atoms with Crippen molar-refractivity contribution < 1.29 is 8.42 Å². The molecule has 0 aromatic carbocycles. The smallest absolute Gasteiger partial charge is 0.260 e. The Morgan fingerprint density at radius 3 is 3.05 bits per heavy atom. The largest absolute Gasteiger partial charge is 0.316 e. The Labute approximate surface area is 113 Å². The number of pyridine rings is 1. The molecule has 2 heterocycles. The molecular weight excluding hydrogens is 264 g/mol. The maximum Gasteiger partial charge on any atom is 0.260 e. The number of hydrogen-bond acceptors (Lipinski definition) is 5. The Hall–Kier alpha value is -1.49. The first-order chi connectivity index (χ1) is 9.07. The minimum absolute atomic E-state index is 0.0525. The van der Waals surface area contributed by atoms with Crippen LogP contribution in [0.25, 0.3) is 0 Å². The molecule has 1 aliphatic heterocycles. The summed E-state index contributed by atoms with van der Waals surface area (Å²) in [6.07, 6.45) is 3.14. The van der Waals surface area contributed by atoms with E-state index >= 15 is 0 Å². The minimum atomic E-state index is -3.61. The van der Waals surface area contributed by atoms with Gasteiger partial charge in [0.05, 0.1) is 11.6 Å². The number of nitrogens with zero attached hydrogens (tertiary/aromatic N) is 3. The van der Waals surface area contributed by atoms with Crippen LogP contribution >= 0.6 is 0 Å². The summed E-state index contributed by atoms with van der Waals surface area (Å²) < 4.78 is 26.3. The van der Waals surface area contributed by atoms with Gasteiger partial charge >= 0.3 is 0 Å². The average Bonchev–Trinajstić information content (AvgIpc) is 2.47. The lowest BCUT2D eigenvalue weighted by Gasteiger charge is -2.31. The fourth-order valence-corrected chi connectivity index (χ4v) is 3.63. The molecule has 0 aliphatic carbocycles. The third-order valence-corrected chi connectivity index (χ3v) is 5.02. The molecule has 1 atom stereocenters. The Morgan fingerprint density at radius 1 is 1.58 bits per heavy atom. The van der Waals surface area contributed by atoms with Gasteiger partial charge in [-0.1, -0.05) is 0 Å². The van der Waals surface area contributed by atoms with Crippen molar-refractivity contribution in [2.75, 3.05) is 20.1 Å². The van der Waals surface area contributed by atoms with Crippen LogP contribution in [0.3, 0.4) is 0 Å². The number of nitriles is 1. The van der Waals surface area contributed by atoms with Gasteiger partial charge in [-0.2, -0.15) is 9.57 Å². The summed E-state index contributed by atoms with van der Waals surface area (Å²) in [7, 11) is -1.78. The standard InChI is InChI=1S/C12H16N4O2S/c1-14-11-3-2-6-16(9-11)19(17,18)12-7-10(8-13)4-5-15-12/h4-5,7,11,14H,2-3,6,9H2,1H3/t11-/m1/s1. The molecule has 0 amide bonds. The SMILES string of the molecule is CN[C@@H]1CCCN(S(=O)(=O)c2cc(C#N)ccn2)C1. The lowest BCUT2D eigenvalue weighted by Crippen LogP contribution is -2.47. The van der Waals surface area contributed by atoms with Gasteiger partial charge in [-0.3, -0.25) is 0 Å². The highest BCUT2D eigenvalue weighted by atomic mass is 32.2. The quantitative estimate of drug-likeness (QED) is 0.862. The molecule has 102 valence electrons. The first-order valence-corrected chi connectivity index (χ1v) is 7.55. The predicted molar refractivity (Wildman–Crippen MR) is 69.8 cm³/mol. The highest BCUT2D eigenvalue weighted by Crippen LogP contribution is 2.19. The number of nitrogens with one attached hydrogen (secondary N) is 1. The van der Waals surface area contributed by atoms with Crippen molar-refractivity contribution >= 4 is 10.0 Å². The van der Waals surface area contributed by atoms with Crippen molar-refractivity contribution in [3.63, 3.8) is 0 Å². The molecule has 6 nitrogen and oxygen atoms in total. The first kappa shape index (κ1) is 13.9. The van der Waals surface area contributed by atoms with E-state index in [2.05, 4.69) is 10.3 Å². The first-order valence-electron chi connectivity index (χ1n) is 6.11. The Bertz CT molecular complexity index is 594. The Balaban J connectivity index is 2.29. The van der Waals surface area contributed by atoms with E-state index in [1.165, 1.54) is 22.6 Å². The monoisotopic (exact) mass is 280 g/mol. The maximum absolute atomic E-state index is 12.4. The number of sulfonamides is 1. The van der Waals surface area contributed by atoms with E-state index < -0.39 is 10.0 Å². The normalized spacial score (nSPS) is 20.9. The van der Waals surface area contributed by atoms with Gasteiger partial charge in [0.15, 0.2) is 5.03 Å². The van der Waals surface area contributed by atoms with Crippen LogP contribution in [0.5, 0.6) is 0 Å². The summed E-state index contributed by atoms with van der Waals surface area (Å²) in [5, 5.41) is 11.9. The van der Waals surface area contributed by atoms with E-state index in [-0.39, 0.29) is 11.1 Å². The van der Waals surface area contributed by atoms with Crippen LogP contribution in [0.4, 0.5) is 0 Å². The lowest BCUT2D eigenvalue weighted by atomic mass is 10.1. The van der Waals surface area contributed by atoms with E-state index in [9.17, 15) is 8.42 Å². The van der Waals surface area contributed by atoms with E-state index in [4.69, 9.17) is 5.26 Å². The van der Waals surface area contributed by atoms with Gasteiger partial charge in [-0.05, 0) is 32.0 Å². The molecule has 1 N–H and O–H groups in total. The Kier molecular flexibility index (Phi) is 4.14. The summed E-state index contributed by atoms with van der Waals surface area (Å²) in [5.74, 6) is 0. The second-order valence-corrected chi connectivity index (χ2v) is 6.37. The topological polar surface area (TPSA) is 86.1 Å². The van der Waals surface area contributed by atoms with Gasteiger partial charge in [0.2, 0.25) is 0 Å². The van der Waals surface area contributed by atoms with E-state index in [0.717, 1.165) is 12.8 Å². The van der Waals surface area contributed by atoms with Crippen LogP contribution in [-0.2, 0) is 10.0 Å². The van der Waals surface area contributed by atoms with Crippen molar-refractivity contribution in [1.82, 2.24) is 14.6 Å². The van der Waals surface area contributed by atoms with E-state index in [1.54, 1.807) is 0 Å². The van der Waals surface area contributed by atoms with Crippen molar-refractivity contribution in [1.29, 1.82) is 5.26 Å². The molecule has 0 spiro atoms. The number of aromatic nitrogens is 1. The molecule has 0 bridgehead atoms. The van der Waals surface area contributed by atoms with Crippen LogP contribution in [0.2, 0.25) is 0 Å². The van der Waals surface area contributed by atoms with Crippen LogP contribution in [0.15, 0.2) is 23.4 Å². The third-order valence-electron chi connectivity index (χ3n) is 3.26. The summed E-state index contributed by atoms with van der Waals surface area (Å²) in [6.45, 7) is 0.941. The highest BCUT2D eigenvalue weighted by Gasteiger charge is 2.30. The minimum Gasteiger partial charge on any atom is -0.316 e. The molecule has 7 heteroatoms. The second-order valence-electron chi connectivity index (χ2n) is 4.49. The zero-order valence-electron chi connectivity index (χ0n) is 10.7. The number of hydrogen-bond donors (Lipinski definition) is 1. The van der Waals surface area contributed by atoms with Gasteiger partial charge in [-0.25, -0.2) is 13.4 Å². The van der Waals surface area contributed by atoms with Gasteiger partial charge in [0.25, 0.3) is 10.0 Å². The number of rotatable bonds is 3. The number of piperidine rings is 1. The van der Waals surface area contributed by atoms with Crippen LogP contribution < -0.4 is 5.32 Å². The molecule has 0 saturated carbocycles. The molecule has 0 radical (unpaired) electrons. The van der Waals surface area contributed by atoms with Crippen molar-refractivity contribution in [2.24, 2.45) is 0 Å². The molecule has 1 aromatic heterocycles. The molecule has 19 heavy (non-hydrogen) atoms. The zero-order chi connectivity index (χ0) is 13.9. The molecule has 2 rings (SSSR count). The van der Waals surface area contributed by atoms with Crippen molar-refractivity contribution in [2.45, 2.75) is 23.9 Å². The summed E-state index contributed by atoms with van der Waals surface area (Å²) in [5.41, 5.74) is 0.302. The Morgan fingerprint density at radius 2 is 2.37 bits per heavy atom. The van der Waals surface area contributed by atoms with E-state index in [0.29, 0.717) is 18.7 Å². The second kappa shape index (κ2) is 5.65. The highest BCUT2D eigenvalue weighted by molar-refractivity contribution is 7.89. The molecule has 1 saturated heterocycles. The molecule has 1 aromatic rings. The lowest BCUT2D eigenvalue weighted by molar-refractivity contribution is 0.292. The van der Waals surface area contributed by atoms with Crippen LogP contribution in [-0.4, -0.2) is 43.9 Å². The summed E-state index contributed by atoms with van der Waals surface area (Å²) in [6, 6.07) is 4.91. The summed E-state index contributed by atoms with van der Waals surface area (Å²) >= 11 is 0. The molecular formula is C12H16N4O2S. The van der Waals surface area contributed by atoms with Crippen molar-refractivity contribution in [3.8, 4) is 6.07 Å². The van der Waals surface area contributed by atoms with E-state index in [1.807, 2.05) is 13.1 Å². The van der Waals surface area contributed by atoms with Crippen molar-refractivity contribution in [3.05, 3.63) is 23.9 Å². The van der Waals surface area contributed by atoms with Gasteiger partial charge < -0.3 is 5.32 Å². The molecule has 1 aliphatic rings. The molecule has 0 unspecified atom stereocenters. The predicted octanol–water partition coefficient (Wildman–Crippen LogP) is 0.326. The van der Waals surface area contributed by atoms with Gasteiger partial charge in [0, 0.05) is 25.3 Å². The van der Waals surface area contributed by atoms with Crippen LogP contribution in [0, 0.1) is 11.3 Å². The third kappa shape index (κ3) is 2.92. The van der Waals surface area contributed by atoms with Crippen LogP contribution in [0.1, 0.15) is 18.4 Å². The molecule has 1 fully saturated rings. The average molecular weight is 280 g/mol. The van der Waals surface area contributed by atoms with Gasteiger partial charge in [0.1, 0.15) is 0 Å². The van der Waals surface area contributed by atoms with Gasteiger partial charge in [-0.15, -0.1) is 0 Å². The fourth-order valence-electron chi connectivity index (χ4n) is 2.15. The fraction of sp³-hybridized carbons (Fsp3) is 0.500. The summed E-state index contributed by atoms with van der Waals surface area (Å²) in [4.78, 5) is 3.88. The zero-order valence-corrected chi connectivity index (χ0v) is 11.5. The maximum atomic E-state index is 12.4.